The predicted molar refractivity (Wildman–Crippen MR) is 104 cm³/mol. The van der Waals surface area contributed by atoms with Gasteiger partial charge in [-0.2, -0.15) is 5.10 Å². The van der Waals surface area contributed by atoms with Gasteiger partial charge in [-0.1, -0.05) is 6.07 Å². The van der Waals surface area contributed by atoms with Crippen LogP contribution in [0.2, 0.25) is 0 Å². The zero-order valence-electron chi connectivity index (χ0n) is 14.3. The number of nitrogens with one attached hydrogen (secondary N) is 3. The number of aromatic nitrogens is 3. The monoisotopic (exact) mass is 365 g/mol. The van der Waals surface area contributed by atoms with Gasteiger partial charge in [0.15, 0.2) is 5.82 Å². The second-order valence-electron chi connectivity index (χ2n) is 6.86. The molecule has 7 nitrogen and oxygen atoms in total. The first kappa shape index (κ1) is 15.5. The lowest BCUT2D eigenvalue weighted by molar-refractivity contribution is 0.396. The molecule has 0 bridgehead atoms. The van der Waals surface area contributed by atoms with Crippen LogP contribution in [0.4, 0.5) is 5.82 Å². The summed E-state index contributed by atoms with van der Waals surface area (Å²) < 4.78 is 1.09. The lowest BCUT2D eigenvalue weighted by atomic mass is 10.1. The van der Waals surface area contributed by atoms with E-state index in [1.54, 1.807) is 11.3 Å². The van der Waals surface area contributed by atoms with Crippen molar-refractivity contribution in [3.05, 3.63) is 52.8 Å². The first-order valence-electron chi connectivity index (χ1n) is 8.60. The molecule has 1 unspecified atom stereocenters. The highest BCUT2D eigenvalue weighted by Gasteiger charge is 2.31. The average Bonchev–Trinajstić information content (AvgIpc) is 3.16. The number of allylic oxidation sites excluding steroid dienone is 1. The lowest BCUT2D eigenvalue weighted by Crippen LogP contribution is -2.51. The molecule has 132 valence electrons. The van der Waals surface area contributed by atoms with Crippen molar-refractivity contribution in [3.8, 4) is 0 Å². The average molecular weight is 365 g/mol. The van der Waals surface area contributed by atoms with Crippen LogP contribution in [0.25, 0.3) is 10.2 Å². The van der Waals surface area contributed by atoms with Crippen LogP contribution in [0.1, 0.15) is 36.9 Å². The molecular formula is C18H19N7S. The van der Waals surface area contributed by atoms with Crippen LogP contribution in [-0.4, -0.2) is 21.0 Å². The topological polar surface area (TPSA) is 104 Å². The molecule has 5 N–H and O–H groups in total. The molecule has 8 heteroatoms. The summed E-state index contributed by atoms with van der Waals surface area (Å²) in [5.74, 6) is 1.04. The summed E-state index contributed by atoms with van der Waals surface area (Å²) in [5.41, 5.74) is 12.4. The number of H-pyrrole nitrogens is 1. The lowest BCUT2D eigenvalue weighted by Gasteiger charge is -2.32. The van der Waals surface area contributed by atoms with Gasteiger partial charge in [-0.05, 0) is 38.0 Å². The number of anilines is 1. The van der Waals surface area contributed by atoms with E-state index in [1.807, 2.05) is 42.8 Å². The van der Waals surface area contributed by atoms with Gasteiger partial charge in [0, 0.05) is 28.9 Å². The van der Waals surface area contributed by atoms with E-state index in [0.29, 0.717) is 11.8 Å². The molecule has 3 aromatic rings. The molecule has 3 heterocycles. The van der Waals surface area contributed by atoms with Crippen LogP contribution in [0.3, 0.4) is 0 Å². The third kappa shape index (κ3) is 2.77. The van der Waals surface area contributed by atoms with E-state index in [1.165, 1.54) is 18.5 Å². The van der Waals surface area contributed by atoms with Gasteiger partial charge in [0.25, 0.3) is 0 Å². The van der Waals surface area contributed by atoms with Gasteiger partial charge in [0.1, 0.15) is 5.84 Å². The highest BCUT2D eigenvalue weighted by atomic mass is 32.1. The number of fused-ring (bicyclic) bond motifs is 1. The Hall–Kier alpha value is -2.71. The fraction of sp³-hybridized carbons (Fsp3) is 0.278. The minimum Gasteiger partial charge on any atom is -0.349 e. The van der Waals surface area contributed by atoms with Crippen LogP contribution in [-0.2, 0) is 5.79 Å². The molecule has 0 radical (unpaired) electrons. The van der Waals surface area contributed by atoms with Crippen LogP contribution in [0, 0.1) is 0 Å². The third-order valence-electron chi connectivity index (χ3n) is 4.68. The van der Waals surface area contributed by atoms with Crippen molar-refractivity contribution in [3.63, 3.8) is 0 Å². The number of benzene rings is 1. The number of rotatable bonds is 3. The molecule has 26 heavy (non-hydrogen) atoms. The SMILES string of the molecule is CC1=CC(Nc2cc(C3CC3)[nH]n2)=NC(N)(c2ccc3ncsc3c2)N1. The number of hydrogen-bond acceptors (Lipinski definition) is 7. The summed E-state index contributed by atoms with van der Waals surface area (Å²) in [6.07, 6.45) is 4.40. The molecule has 1 atom stereocenters. The normalized spacial score (nSPS) is 22.7. The van der Waals surface area contributed by atoms with Gasteiger partial charge in [-0.15, -0.1) is 11.3 Å². The van der Waals surface area contributed by atoms with Crippen LogP contribution >= 0.6 is 11.3 Å². The van der Waals surface area contributed by atoms with Gasteiger partial charge >= 0.3 is 0 Å². The van der Waals surface area contributed by atoms with E-state index in [2.05, 4.69) is 25.8 Å². The molecule has 0 amide bonds. The number of nitrogens with zero attached hydrogens (tertiary/aromatic N) is 3. The van der Waals surface area contributed by atoms with Crippen molar-refractivity contribution in [2.75, 3.05) is 5.32 Å². The summed E-state index contributed by atoms with van der Waals surface area (Å²) in [6, 6.07) is 8.03. The zero-order valence-corrected chi connectivity index (χ0v) is 15.1. The summed E-state index contributed by atoms with van der Waals surface area (Å²) in [7, 11) is 0. The molecule has 0 saturated heterocycles. The first-order valence-corrected chi connectivity index (χ1v) is 9.48. The van der Waals surface area contributed by atoms with Crippen LogP contribution < -0.4 is 16.4 Å². The van der Waals surface area contributed by atoms with Crippen molar-refractivity contribution >= 4 is 33.2 Å². The Morgan fingerprint density at radius 1 is 1.31 bits per heavy atom. The van der Waals surface area contributed by atoms with E-state index in [4.69, 9.17) is 10.7 Å². The Labute approximate surface area is 154 Å². The molecule has 1 aliphatic carbocycles. The van der Waals surface area contributed by atoms with Crippen molar-refractivity contribution < 1.29 is 0 Å². The third-order valence-corrected chi connectivity index (χ3v) is 5.47. The highest BCUT2D eigenvalue weighted by Crippen LogP contribution is 2.39. The van der Waals surface area contributed by atoms with Crippen molar-refractivity contribution in [2.45, 2.75) is 31.5 Å². The highest BCUT2D eigenvalue weighted by molar-refractivity contribution is 7.16. The predicted octanol–water partition coefficient (Wildman–Crippen LogP) is 2.98. The summed E-state index contributed by atoms with van der Waals surface area (Å²) in [5, 5.41) is 14.0. The molecule has 0 spiro atoms. The Balaban J connectivity index is 1.46. The second-order valence-corrected chi connectivity index (χ2v) is 7.74. The minimum absolute atomic E-state index is 0.630. The van der Waals surface area contributed by atoms with Gasteiger partial charge < -0.3 is 10.6 Å². The Kier molecular flexibility index (Phi) is 3.38. The maximum absolute atomic E-state index is 6.61. The number of aliphatic imine (C=N–C) groups is 1. The fourth-order valence-corrected chi connectivity index (χ4v) is 3.94. The molecule has 1 saturated carbocycles. The zero-order chi connectivity index (χ0) is 17.7. The van der Waals surface area contributed by atoms with Gasteiger partial charge in [0.05, 0.1) is 15.7 Å². The molecule has 1 aromatic carbocycles. The second kappa shape index (κ2) is 5.65. The van der Waals surface area contributed by atoms with Gasteiger partial charge in [0.2, 0.25) is 5.79 Å². The Morgan fingerprint density at radius 2 is 2.19 bits per heavy atom. The first-order chi connectivity index (χ1) is 12.6. The van der Waals surface area contributed by atoms with Crippen LogP contribution in [0.15, 0.2) is 46.5 Å². The molecular weight excluding hydrogens is 346 g/mol. The van der Waals surface area contributed by atoms with Crippen molar-refractivity contribution in [1.29, 1.82) is 0 Å². The van der Waals surface area contributed by atoms with Crippen LogP contribution in [0.5, 0.6) is 0 Å². The molecule has 1 aliphatic heterocycles. The van der Waals surface area contributed by atoms with Crippen molar-refractivity contribution in [1.82, 2.24) is 20.5 Å². The largest absolute Gasteiger partial charge is 0.349 e. The number of aromatic amines is 1. The number of thiazole rings is 1. The number of nitrogens with two attached hydrogens (primary N) is 1. The van der Waals surface area contributed by atoms with E-state index in [-0.39, 0.29) is 0 Å². The van der Waals surface area contributed by atoms with E-state index in [9.17, 15) is 0 Å². The summed E-state index contributed by atoms with van der Waals surface area (Å²) >= 11 is 1.59. The fourth-order valence-electron chi connectivity index (χ4n) is 3.22. The molecule has 2 aliphatic rings. The number of amidine groups is 1. The van der Waals surface area contributed by atoms with E-state index in [0.717, 1.165) is 27.3 Å². The summed E-state index contributed by atoms with van der Waals surface area (Å²) in [4.78, 5) is 9.04. The van der Waals surface area contributed by atoms with Gasteiger partial charge in [-0.25, -0.2) is 9.98 Å². The molecule has 1 fully saturated rings. The van der Waals surface area contributed by atoms with Gasteiger partial charge in [-0.3, -0.25) is 10.8 Å². The standard InChI is InChI=1S/C18H19N7S/c1-10-6-16(21-17-8-14(24-25-17)11-2-3-11)23-18(19,22-10)12-4-5-13-15(7-12)26-9-20-13/h4-9,11,22H,2-3,19H2,1H3,(H2,21,23,24,25). The molecule has 5 rings (SSSR count). The minimum atomic E-state index is -1.03. The molecule has 2 aromatic heterocycles. The smallest absolute Gasteiger partial charge is 0.211 e. The Morgan fingerprint density at radius 3 is 3.04 bits per heavy atom. The maximum Gasteiger partial charge on any atom is 0.211 e. The van der Waals surface area contributed by atoms with Crippen molar-refractivity contribution in [2.24, 2.45) is 10.7 Å². The summed E-state index contributed by atoms with van der Waals surface area (Å²) in [6.45, 7) is 1.98. The Bertz CT molecular complexity index is 1040. The van der Waals surface area contributed by atoms with E-state index < -0.39 is 5.79 Å². The quantitative estimate of drug-likeness (QED) is 0.571. The van der Waals surface area contributed by atoms with E-state index >= 15 is 0 Å². The number of hydrogen-bond donors (Lipinski definition) is 4. The maximum atomic E-state index is 6.61.